The van der Waals surface area contributed by atoms with Crippen LogP contribution in [0.1, 0.15) is 31.2 Å². The molecule has 2 rings (SSSR count). The summed E-state index contributed by atoms with van der Waals surface area (Å²) in [6, 6.07) is 3.10. The summed E-state index contributed by atoms with van der Waals surface area (Å²) in [5.74, 6) is 0.368. The average molecular weight is 312 g/mol. The monoisotopic (exact) mass is 312 g/mol. The molecule has 0 radical (unpaired) electrons. The van der Waals surface area contributed by atoms with E-state index in [0.717, 1.165) is 12.8 Å². The minimum atomic E-state index is -3.92. The maximum atomic E-state index is 12.0. The van der Waals surface area contributed by atoms with Crippen LogP contribution in [0, 0.1) is 12.8 Å². The van der Waals surface area contributed by atoms with Gasteiger partial charge in [-0.05, 0) is 43.4 Å². The van der Waals surface area contributed by atoms with Crippen molar-refractivity contribution in [3.8, 4) is 5.75 Å². The number of nitrogens with two attached hydrogens (primary N) is 1. The van der Waals surface area contributed by atoms with Gasteiger partial charge in [-0.3, -0.25) is 4.79 Å². The van der Waals surface area contributed by atoms with Crippen molar-refractivity contribution in [3.63, 3.8) is 0 Å². The summed E-state index contributed by atoms with van der Waals surface area (Å²) in [7, 11) is -2.57. The zero-order valence-corrected chi connectivity index (χ0v) is 13.0. The van der Waals surface area contributed by atoms with E-state index in [1.165, 1.54) is 19.6 Å². The summed E-state index contributed by atoms with van der Waals surface area (Å²) in [4.78, 5) is 11.9. The molecule has 1 fully saturated rings. The molecule has 116 valence electrons. The maximum absolute atomic E-state index is 12.0. The van der Waals surface area contributed by atoms with Crippen molar-refractivity contribution < 1.29 is 17.9 Å². The lowest BCUT2D eigenvalue weighted by molar-refractivity contribution is -0.117. The molecule has 21 heavy (non-hydrogen) atoms. The highest BCUT2D eigenvalue weighted by Gasteiger charge is 2.23. The van der Waals surface area contributed by atoms with E-state index in [4.69, 9.17) is 9.88 Å². The van der Waals surface area contributed by atoms with Crippen LogP contribution in [-0.4, -0.2) is 21.4 Å². The second kappa shape index (κ2) is 6.03. The average Bonchev–Trinajstić information content (AvgIpc) is 2.32. The number of amides is 1. The van der Waals surface area contributed by atoms with E-state index in [-0.39, 0.29) is 16.6 Å². The third-order valence-electron chi connectivity index (χ3n) is 3.68. The van der Waals surface area contributed by atoms with Gasteiger partial charge in [0.2, 0.25) is 15.9 Å². The molecule has 6 nitrogen and oxygen atoms in total. The Kier molecular flexibility index (Phi) is 4.53. The molecule has 0 aliphatic heterocycles. The Morgan fingerprint density at radius 3 is 2.57 bits per heavy atom. The Hall–Kier alpha value is -1.60. The first-order valence-corrected chi connectivity index (χ1v) is 8.37. The third-order valence-corrected chi connectivity index (χ3v) is 4.60. The second-order valence-corrected chi connectivity index (χ2v) is 6.97. The first-order chi connectivity index (χ1) is 9.81. The molecule has 3 N–H and O–H groups in total. The van der Waals surface area contributed by atoms with E-state index in [1.54, 1.807) is 13.0 Å². The lowest BCUT2D eigenvalue weighted by atomic mass is 9.83. The zero-order chi connectivity index (χ0) is 15.6. The summed E-state index contributed by atoms with van der Waals surface area (Å²) in [5.41, 5.74) is 1.02. The number of aryl methyl sites for hydroxylation is 1. The number of hydrogen-bond donors (Lipinski definition) is 2. The van der Waals surface area contributed by atoms with Gasteiger partial charge < -0.3 is 10.1 Å². The van der Waals surface area contributed by atoms with Crippen LogP contribution < -0.4 is 15.2 Å². The van der Waals surface area contributed by atoms with Crippen molar-refractivity contribution >= 4 is 21.6 Å². The van der Waals surface area contributed by atoms with Gasteiger partial charge in [0.1, 0.15) is 4.90 Å². The van der Waals surface area contributed by atoms with Crippen molar-refractivity contribution in [2.24, 2.45) is 11.1 Å². The standard InChI is InChI=1S/C14H20N2O4S/c1-9-6-11(16-13(17)8-10-4-3-5-10)14(20-2)12(7-9)21(15,18)19/h6-7,10H,3-5,8H2,1-2H3,(H,16,17)(H2,15,18,19). The van der Waals surface area contributed by atoms with E-state index >= 15 is 0 Å². The van der Waals surface area contributed by atoms with Gasteiger partial charge in [-0.15, -0.1) is 0 Å². The quantitative estimate of drug-likeness (QED) is 0.865. The Labute approximate surface area is 124 Å². The molecular weight excluding hydrogens is 292 g/mol. The predicted molar refractivity (Wildman–Crippen MR) is 79.7 cm³/mol. The first kappa shape index (κ1) is 15.8. The van der Waals surface area contributed by atoms with Gasteiger partial charge in [0, 0.05) is 6.42 Å². The first-order valence-electron chi connectivity index (χ1n) is 6.82. The fraction of sp³-hybridized carbons (Fsp3) is 0.500. The zero-order valence-electron chi connectivity index (χ0n) is 12.2. The van der Waals surface area contributed by atoms with Gasteiger partial charge >= 0.3 is 0 Å². The number of ether oxygens (including phenoxy) is 1. The fourth-order valence-corrected chi connectivity index (χ4v) is 3.22. The number of benzene rings is 1. The SMILES string of the molecule is COc1c(NC(=O)CC2CCC2)cc(C)cc1S(N)(=O)=O. The summed E-state index contributed by atoms with van der Waals surface area (Å²) in [5, 5.41) is 7.92. The van der Waals surface area contributed by atoms with E-state index in [9.17, 15) is 13.2 Å². The van der Waals surface area contributed by atoms with E-state index in [2.05, 4.69) is 5.32 Å². The number of methoxy groups -OCH3 is 1. The van der Waals surface area contributed by atoms with Crippen LogP contribution in [0.15, 0.2) is 17.0 Å². The van der Waals surface area contributed by atoms with E-state index in [0.29, 0.717) is 23.6 Å². The molecule has 0 atom stereocenters. The summed E-state index contributed by atoms with van der Waals surface area (Å²) in [6.07, 6.45) is 3.75. The molecule has 0 aromatic heterocycles. The molecule has 1 aromatic carbocycles. The Morgan fingerprint density at radius 1 is 1.43 bits per heavy atom. The van der Waals surface area contributed by atoms with Gasteiger partial charge in [-0.25, -0.2) is 13.6 Å². The molecule has 1 aromatic rings. The highest BCUT2D eigenvalue weighted by Crippen LogP contribution is 2.34. The summed E-state index contributed by atoms with van der Waals surface area (Å²) < 4.78 is 28.4. The number of nitrogens with one attached hydrogen (secondary N) is 1. The van der Waals surface area contributed by atoms with E-state index < -0.39 is 10.0 Å². The van der Waals surface area contributed by atoms with Crippen molar-refractivity contribution in [2.45, 2.75) is 37.5 Å². The number of hydrogen-bond acceptors (Lipinski definition) is 4. The topological polar surface area (TPSA) is 98.5 Å². The van der Waals surface area contributed by atoms with Crippen molar-refractivity contribution in [1.29, 1.82) is 0 Å². The molecule has 1 aliphatic carbocycles. The molecule has 1 amide bonds. The number of anilines is 1. The lowest BCUT2D eigenvalue weighted by Gasteiger charge is -2.24. The van der Waals surface area contributed by atoms with Crippen LogP contribution in [0.5, 0.6) is 5.75 Å². The lowest BCUT2D eigenvalue weighted by Crippen LogP contribution is -2.22. The van der Waals surface area contributed by atoms with Gasteiger partial charge in [0.05, 0.1) is 12.8 Å². The Morgan fingerprint density at radius 2 is 2.10 bits per heavy atom. The van der Waals surface area contributed by atoms with Crippen LogP contribution in [-0.2, 0) is 14.8 Å². The fourth-order valence-electron chi connectivity index (χ4n) is 2.42. The summed E-state index contributed by atoms with van der Waals surface area (Å²) >= 11 is 0. The van der Waals surface area contributed by atoms with Gasteiger partial charge in [-0.2, -0.15) is 0 Å². The minimum absolute atomic E-state index is 0.0741. The number of rotatable bonds is 5. The second-order valence-electron chi connectivity index (χ2n) is 5.44. The van der Waals surface area contributed by atoms with Crippen molar-refractivity contribution in [2.75, 3.05) is 12.4 Å². The maximum Gasteiger partial charge on any atom is 0.241 e. The molecule has 0 saturated heterocycles. The molecule has 0 heterocycles. The molecule has 0 unspecified atom stereocenters. The molecule has 7 heteroatoms. The van der Waals surface area contributed by atoms with Crippen LogP contribution in [0.4, 0.5) is 5.69 Å². The van der Waals surface area contributed by atoms with E-state index in [1.807, 2.05) is 0 Å². The van der Waals surface area contributed by atoms with Crippen LogP contribution >= 0.6 is 0 Å². The molecule has 1 saturated carbocycles. The van der Waals surface area contributed by atoms with Crippen molar-refractivity contribution in [3.05, 3.63) is 17.7 Å². The van der Waals surface area contributed by atoms with Gasteiger partial charge in [0.25, 0.3) is 0 Å². The largest absolute Gasteiger partial charge is 0.493 e. The van der Waals surface area contributed by atoms with Gasteiger partial charge in [-0.1, -0.05) is 6.42 Å². The molecule has 0 bridgehead atoms. The predicted octanol–water partition coefficient (Wildman–Crippen LogP) is 1.78. The number of carbonyl (C=O) groups excluding carboxylic acids is 1. The third kappa shape index (κ3) is 3.74. The summed E-state index contributed by atoms with van der Waals surface area (Å²) in [6.45, 7) is 1.73. The van der Waals surface area contributed by atoms with Gasteiger partial charge in [0.15, 0.2) is 5.75 Å². The number of sulfonamides is 1. The molecule has 0 spiro atoms. The van der Waals surface area contributed by atoms with Crippen LogP contribution in [0.2, 0.25) is 0 Å². The highest BCUT2D eigenvalue weighted by atomic mass is 32.2. The van der Waals surface area contributed by atoms with Crippen LogP contribution in [0.25, 0.3) is 0 Å². The van der Waals surface area contributed by atoms with Crippen molar-refractivity contribution in [1.82, 2.24) is 0 Å². The Balaban J connectivity index is 2.29. The Bertz CT molecular complexity index is 651. The normalized spacial score (nSPS) is 15.4. The smallest absolute Gasteiger partial charge is 0.241 e. The number of primary sulfonamides is 1. The highest BCUT2D eigenvalue weighted by molar-refractivity contribution is 7.89. The van der Waals surface area contributed by atoms with Crippen LogP contribution in [0.3, 0.4) is 0 Å². The number of carbonyl (C=O) groups is 1. The minimum Gasteiger partial charge on any atom is -0.493 e. The molecular formula is C14H20N2O4S. The molecule has 1 aliphatic rings.